The lowest BCUT2D eigenvalue weighted by molar-refractivity contribution is -0.152. The Morgan fingerprint density at radius 2 is 2.12 bits per heavy atom. The number of rotatable bonds is 6. The molecule has 0 bridgehead atoms. The van der Waals surface area contributed by atoms with Gasteiger partial charge in [-0.1, -0.05) is 0 Å². The smallest absolute Gasteiger partial charge is 0.310 e. The van der Waals surface area contributed by atoms with Gasteiger partial charge < -0.3 is 14.2 Å². The molecule has 0 N–H and O–H groups in total. The van der Waals surface area contributed by atoms with Crippen LogP contribution >= 0.6 is 0 Å². The number of nitrogens with zero attached hydrogens (tertiary/aromatic N) is 1. The minimum absolute atomic E-state index is 0.00179. The molecule has 0 aromatic rings. The summed E-state index contributed by atoms with van der Waals surface area (Å²) in [6.45, 7) is 4.71. The standard InChI is InChI=1S/C12H23NO4/c1-4-17-12(14)10-6-5-7-13(8-10)9-11(15-2)16-3/h10-11H,4-9H2,1-3H3/t10-/m1/s1. The van der Waals surface area contributed by atoms with Gasteiger partial charge in [-0.25, -0.2) is 0 Å². The third kappa shape index (κ3) is 4.61. The van der Waals surface area contributed by atoms with Crippen molar-refractivity contribution in [1.82, 2.24) is 4.90 Å². The zero-order valence-corrected chi connectivity index (χ0v) is 11.0. The molecular weight excluding hydrogens is 222 g/mol. The molecule has 1 saturated heterocycles. The molecule has 1 aliphatic rings. The highest BCUT2D eigenvalue weighted by Crippen LogP contribution is 2.18. The summed E-state index contributed by atoms with van der Waals surface area (Å²) >= 11 is 0. The SMILES string of the molecule is CCOC(=O)[C@@H]1CCCN(CC(OC)OC)C1. The van der Waals surface area contributed by atoms with Crippen molar-refractivity contribution in [2.24, 2.45) is 5.92 Å². The van der Waals surface area contributed by atoms with E-state index in [1.54, 1.807) is 14.2 Å². The highest BCUT2D eigenvalue weighted by atomic mass is 16.7. The average molecular weight is 245 g/mol. The van der Waals surface area contributed by atoms with Crippen molar-refractivity contribution in [2.75, 3.05) is 40.5 Å². The molecule has 0 aromatic heterocycles. The summed E-state index contributed by atoms with van der Waals surface area (Å²) in [6.07, 6.45) is 1.71. The number of esters is 1. The Morgan fingerprint density at radius 3 is 2.71 bits per heavy atom. The first kappa shape index (κ1) is 14.4. The van der Waals surface area contributed by atoms with Crippen molar-refractivity contribution in [3.8, 4) is 0 Å². The Bertz CT molecular complexity index is 231. The third-order valence-electron chi connectivity index (χ3n) is 3.06. The van der Waals surface area contributed by atoms with Crippen LogP contribution in [0.1, 0.15) is 19.8 Å². The van der Waals surface area contributed by atoms with Crippen LogP contribution in [0, 0.1) is 5.92 Å². The van der Waals surface area contributed by atoms with Gasteiger partial charge in [-0.2, -0.15) is 0 Å². The molecule has 100 valence electrons. The van der Waals surface area contributed by atoms with E-state index in [0.717, 1.165) is 25.9 Å². The summed E-state index contributed by atoms with van der Waals surface area (Å²) in [5.74, 6) is -0.0818. The molecule has 0 saturated carbocycles. The summed E-state index contributed by atoms with van der Waals surface area (Å²) in [5, 5.41) is 0. The van der Waals surface area contributed by atoms with E-state index >= 15 is 0 Å². The fraction of sp³-hybridized carbons (Fsp3) is 0.917. The second-order valence-electron chi connectivity index (χ2n) is 4.25. The molecule has 17 heavy (non-hydrogen) atoms. The van der Waals surface area contributed by atoms with Crippen LogP contribution in [0.2, 0.25) is 0 Å². The Hall–Kier alpha value is -0.650. The van der Waals surface area contributed by atoms with Gasteiger partial charge in [0.05, 0.1) is 12.5 Å². The van der Waals surface area contributed by atoms with Gasteiger partial charge in [0, 0.05) is 27.3 Å². The number of hydrogen-bond donors (Lipinski definition) is 0. The molecule has 1 rings (SSSR count). The number of ether oxygens (including phenoxy) is 3. The van der Waals surface area contributed by atoms with Crippen LogP contribution < -0.4 is 0 Å². The van der Waals surface area contributed by atoms with Crippen molar-refractivity contribution >= 4 is 5.97 Å². The minimum Gasteiger partial charge on any atom is -0.466 e. The summed E-state index contributed by atoms with van der Waals surface area (Å²) in [4.78, 5) is 13.9. The van der Waals surface area contributed by atoms with Crippen molar-refractivity contribution in [2.45, 2.75) is 26.1 Å². The molecule has 1 heterocycles. The van der Waals surface area contributed by atoms with Crippen molar-refractivity contribution in [3.63, 3.8) is 0 Å². The fourth-order valence-electron chi connectivity index (χ4n) is 2.13. The Kier molecular flexibility index (Phi) is 6.47. The van der Waals surface area contributed by atoms with E-state index in [2.05, 4.69) is 4.90 Å². The molecule has 5 nitrogen and oxygen atoms in total. The van der Waals surface area contributed by atoms with Gasteiger partial charge in [0.15, 0.2) is 6.29 Å². The highest BCUT2D eigenvalue weighted by molar-refractivity contribution is 5.72. The summed E-state index contributed by atoms with van der Waals surface area (Å²) < 4.78 is 15.4. The number of likely N-dealkylation sites (tertiary alicyclic amines) is 1. The van der Waals surface area contributed by atoms with Gasteiger partial charge in [0.25, 0.3) is 0 Å². The molecular formula is C12H23NO4. The zero-order valence-electron chi connectivity index (χ0n) is 11.0. The quantitative estimate of drug-likeness (QED) is 0.513. The molecule has 0 unspecified atom stereocenters. The lowest BCUT2D eigenvalue weighted by atomic mass is 9.98. The maximum absolute atomic E-state index is 11.7. The average Bonchev–Trinajstić information content (AvgIpc) is 2.36. The third-order valence-corrected chi connectivity index (χ3v) is 3.06. The largest absolute Gasteiger partial charge is 0.466 e. The van der Waals surface area contributed by atoms with Crippen LogP contribution in [0.4, 0.5) is 0 Å². The van der Waals surface area contributed by atoms with E-state index in [-0.39, 0.29) is 18.2 Å². The molecule has 1 fully saturated rings. The Balaban J connectivity index is 2.40. The summed E-state index contributed by atoms with van der Waals surface area (Å²) in [5.41, 5.74) is 0. The van der Waals surface area contributed by atoms with E-state index in [9.17, 15) is 4.79 Å². The second-order valence-corrected chi connectivity index (χ2v) is 4.25. The lowest BCUT2D eigenvalue weighted by Gasteiger charge is -2.33. The van der Waals surface area contributed by atoms with Gasteiger partial charge in [-0.15, -0.1) is 0 Å². The molecule has 0 aromatic carbocycles. The predicted octanol–water partition coefficient (Wildman–Crippen LogP) is 0.880. The zero-order chi connectivity index (χ0) is 12.7. The number of methoxy groups -OCH3 is 2. The molecule has 0 spiro atoms. The predicted molar refractivity (Wildman–Crippen MR) is 63.6 cm³/mol. The topological polar surface area (TPSA) is 48.0 Å². The van der Waals surface area contributed by atoms with Gasteiger partial charge >= 0.3 is 5.97 Å². The van der Waals surface area contributed by atoms with E-state index < -0.39 is 0 Å². The van der Waals surface area contributed by atoms with Crippen LogP contribution in [0.25, 0.3) is 0 Å². The number of piperidine rings is 1. The van der Waals surface area contributed by atoms with Crippen LogP contribution in [-0.2, 0) is 19.0 Å². The van der Waals surface area contributed by atoms with Crippen molar-refractivity contribution in [3.05, 3.63) is 0 Å². The first-order chi connectivity index (χ1) is 8.21. The lowest BCUT2D eigenvalue weighted by Crippen LogP contribution is -2.43. The Morgan fingerprint density at radius 1 is 1.41 bits per heavy atom. The van der Waals surface area contributed by atoms with Gasteiger partial charge in [-0.3, -0.25) is 9.69 Å². The van der Waals surface area contributed by atoms with Crippen LogP contribution in [0.15, 0.2) is 0 Å². The molecule has 5 heteroatoms. The highest BCUT2D eigenvalue weighted by Gasteiger charge is 2.27. The molecule has 1 atom stereocenters. The number of carbonyl (C=O) groups is 1. The van der Waals surface area contributed by atoms with Crippen molar-refractivity contribution in [1.29, 1.82) is 0 Å². The van der Waals surface area contributed by atoms with E-state index in [4.69, 9.17) is 14.2 Å². The number of carbonyl (C=O) groups excluding carboxylic acids is 1. The maximum atomic E-state index is 11.7. The van der Waals surface area contributed by atoms with E-state index in [1.165, 1.54) is 0 Å². The van der Waals surface area contributed by atoms with Crippen molar-refractivity contribution < 1.29 is 19.0 Å². The molecule has 0 aliphatic carbocycles. The first-order valence-electron chi connectivity index (χ1n) is 6.15. The maximum Gasteiger partial charge on any atom is 0.310 e. The van der Waals surface area contributed by atoms with E-state index in [1.807, 2.05) is 6.92 Å². The monoisotopic (exact) mass is 245 g/mol. The summed E-state index contributed by atoms with van der Waals surface area (Å²) in [7, 11) is 3.25. The summed E-state index contributed by atoms with van der Waals surface area (Å²) in [6, 6.07) is 0. The second kappa shape index (κ2) is 7.63. The minimum atomic E-state index is -0.226. The normalized spacial score (nSPS) is 21.8. The molecule has 1 aliphatic heterocycles. The van der Waals surface area contributed by atoms with Crippen LogP contribution in [0.3, 0.4) is 0 Å². The van der Waals surface area contributed by atoms with E-state index in [0.29, 0.717) is 13.2 Å². The van der Waals surface area contributed by atoms with Crippen LogP contribution in [-0.4, -0.2) is 57.6 Å². The first-order valence-corrected chi connectivity index (χ1v) is 6.15. The van der Waals surface area contributed by atoms with Gasteiger partial charge in [0.1, 0.15) is 0 Å². The Labute approximate surface area is 103 Å². The number of hydrogen-bond acceptors (Lipinski definition) is 5. The van der Waals surface area contributed by atoms with Gasteiger partial charge in [0.2, 0.25) is 0 Å². The molecule has 0 amide bonds. The fourth-order valence-corrected chi connectivity index (χ4v) is 2.13. The van der Waals surface area contributed by atoms with Crippen LogP contribution in [0.5, 0.6) is 0 Å². The van der Waals surface area contributed by atoms with Gasteiger partial charge in [-0.05, 0) is 26.3 Å². The molecule has 0 radical (unpaired) electrons.